The number of nitrogens with two attached hydrogens (primary N) is 1. The van der Waals surface area contributed by atoms with Gasteiger partial charge < -0.3 is 5.73 Å². The third-order valence-electron chi connectivity index (χ3n) is 1.19. The fourth-order valence-electron chi connectivity index (χ4n) is 0.664. The number of rotatable bonds is 2. The van der Waals surface area contributed by atoms with E-state index in [-0.39, 0.29) is 0 Å². The van der Waals surface area contributed by atoms with Crippen LogP contribution >= 0.6 is 11.6 Å². The van der Waals surface area contributed by atoms with Gasteiger partial charge in [-0.15, -0.1) is 0 Å². The summed E-state index contributed by atoms with van der Waals surface area (Å²) < 4.78 is 0. The van der Waals surface area contributed by atoms with Crippen molar-refractivity contribution in [3.8, 4) is 0 Å². The molecule has 62 valence electrons. The number of pyridine rings is 1. The lowest BCUT2D eigenvalue weighted by Gasteiger charge is -1.90. The van der Waals surface area contributed by atoms with Gasteiger partial charge in [0, 0.05) is 12.3 Å². The highest BCUT2D eigenvalue weighted by Crippen LogP contribution is 2.06. The second kappa shape index (κ2) is 3.88. The van der Waals surface area contributed by atoms with Gasteiger partial charge in [0.1, 0.15) is 5.15 Å². The maximum absolute atomic E-state index is 10.3. The Balaban J connectivity index is 2.77. The van der Waals surface area contributed by atoms with Gasteiger partial charge >= 0.3 is 0 Å². The smallest absolute Gasteiger partial charge is 0.241 e. The van der Waals surface area contributed by atoms with Crippen LogP contribution in [0.25, 0.3) is 6.08 Å². The van der Waals surface area contributed by atoms with Gasteiger partial charge in [-0.25, -0.2) is 4.98 Å². The van der Waals surface area contributed by atoms with E-state index < -0.39 is 5.91 Å². The second-order valence-electron chi connectivity index (χ2n) is 2.15. The Morgan fingerprint density at radius 2 is 2.33 bits per heavy atom. The van der Waals surface area contributed by atoms with Crippen molar-refractivity contribution < 1.29 is 4.79 Å². The van der Waals surface area contributed by atoms with E-state index >= 15 is 0 Å². The van der Waals surface area contributed by atoms with Crippen LogP contribution in [-0.2, 0) is 4.79 Å². The van der Waals surface area contributed by atoms with Crippen molar-refractivity contribution in [1.29, 1.82) is 0 Å². The molecule has 3 nitrogen and oxygen atoms in total. The van der Waals surface area contributed by atoms with E-state index in [1.165, 1.54) is 6.08 Å². The van der Waals surface area contributed by atoms with Crippen LogP contribution in [0.15, 0.2) is 24.4 Å². The molecule has 0 aliphatic carbocycles. The van der Waals surface area contributed by atoms with Gasteiger partial charge in [0.2, 0.25) is 5.91 Å². The Hall–Kier alpha value is -1.35. The molecule has 4 heteroatoms. The standard InChI is InChI=1S/C8H7ClN2O/c9-7-3-1-6(5-11-7)2-4-8(10)12/h1-5H,(H2,10,12)/b4-2-. The molecule has 0 atom stereocenters. The summed E-state index contributed by atoms with van der Waals surface area (Å²) in [5.74, 6) is -0.482. The van der Waals surface area contributed by atoms with Crippen LogP contribution in [0.4, 0.5) is 0 Å². The third kappa shape index (κ3) is 2.72. The van der Waals surface area contributed by atoms with Crippen LogP contribution in [0.5, 0.6) is 0 Å². The zero-order valence-electron chi connectivity index (χ0n) is 6.20. The molecule has 0 fully saturated rings. The van der Waals surface area contributed by atoms with Gasteiger partial charge in [0.25, 0.3) is 0 Å². The zero-order valence-corrected chi connectivity index (χ0v) is 6.95. The van der Waals surface area contributed by atoms with E-state index in [4.69, 9.17) is 17.3 Å². The summed E-state index contributed by atoms with van der Waals surface area (Å²) in [7, 11) is 0. The highest BCUT2D eigenvalue weighted by Gasteiger charge is 1.89. The maximum Gasteiger partial charge on any atom is 0.241 e. The first-order chi connectivity index (χ1) is 5.68. The Morgan fingerprint density at radius 1 is 1.58 bits per heavy atom. The Labute approximate surface area is 74.9 Å². The van der Waals surface area contributed by atoms with Gasteiger partial charge in [-0.05, 0) is 17.7 Å². The number of amides is 1. The quantitative estimate of drug-likeness (QED) is 0.553. The average molecular weight is 183 g/mol. The fourth-order valence-corrected chi connectivity index (χ4v) is 0.776. The summed E-state index contributed by atoms with van der Waals surface area (Å²) in [5, 5.41) is 0.422. The molecule has 0 unspecified atom stereocenters. The Morgan fingerprint density at radius 3 is 2.83 bits per heavy atom. The molecule has 2 N–H and O–H groups in total. The van der Waals surface area contributed by atoms with E-state index in [0.29, 0.717) is 5.15 Å². The number of carbonyl (C=O) groups is 1. The number of aromatic nitrogens is 1. The van der Waals surface area contributed by atoms with E-state index in [1.54, 1.807) is 24.4 Å². The summed E-state index contributed by atoms with van der Waals surface area (Å²) in [6, 6.07) is 3.39. The molecule has 0 aromatic carbocycles. The maximum atomic E-state index is 10.3. The number of primary amides is 1. The molecule has 1 rings (SSSR count). The van der Waals surface area contributed by atoms with Crippen LogP contribution < -0.4 is 5.73 Å². The fraction of sp³-hybridized carbons (Fsp3) is 0. The van der Waals surface area contributed by atoms with Crippen LogP contribution in [0, 0.1) is 0 Å². The largest absolute Gasteiger partial charge is 0.366 e. The van der Waals surface area contributed by atoms with Crippen molar-refractivity contribution >= 4 is 23.6 Å². The molecule has 0 aliphatic heterocycles. The Bertz CT molecular complexity index is 305. The predicted octanol–water partition coefficient (Wildman–Crippen LogP) is 1.23. The average Bonchev–Trinajstić information content (AvgIpc) is 2.03. The first-order valence-corrected chi connectivity index (χ1v) is 3.65. The molecule has 0 radical (unpaired) electrons. The van der Waals surface area contributed by atoms with Crippen LogP contribution in [0.2, 0.25) is 5.15 Å². The monoisotopic (exact) mass is 182 g/mol. The molecule has 0 spiro atoms. The first-order valence-electron chi connectivity index (χ1n) is 3.27. The van der Waals surface area contributed by atoms with Gasteiger partial charge in [0.05, 0.1) is 0 Å². The lowest BCUT2D eigenvalue weighted by Crippen LogP contribution is -2.05. The molecule has 1 aromatic heterocycles. The molecule has 0 saturated carbocycles. The summed E-state index contributed by atoms with van der Waals surface area (Å²) in [4.78, 5) is 14.1. The molecule has 0 saturated heterocycles. The summed E-state index contributed by atoms with van der Waals surface area (Å²) in [6.07, 6.45) is 4.40. The Kier molecular flexibility index (Phi) is 2.82. The minimum atomic E-state index is -0.482. The summed E-state index contributed by atoms with van der Waals surface area (Å²) in [6.45, 7) is 0. The van der Waals surface area contributed by atoms with Gasteiger partial charge in [-0.1, -0.05) is 17.7 Å². The van der Waals surface area contributed by atoms with Crippen molar-refractivity contribution in [2.24, 2.45) is 5.73 Å². The zero-order chi connectivity index (χ0) is 8.97. The van der Waals surface area contributed by atoms with Gasteiger partial charge in [-0.3, -0.25) is 4.79 Å². The van der Waals surface area contributed by atoms with Crippen LogP contribution in [0.1, 0.15) is 5.56 Å². The predicted molar refractivity (Wildman–Crippen MR) is 47.5 cm³/mol. The molecule has 1 heterocycles. The topological polar surface area (TPSA) is 56.0 Å². The SMILES string of the molecule is NC(=O)/C=C\c1ccc(Cl)nc1. The van der Waals surface area contributed by atoms with E-state index in [9.17, 15) is 4.79 Å². The lowest BCUT2D eigenvalue weighted by atomic mass is 10.2. The van der Waals surface area contributed by atoms with Crippen molar-refractivity contribution in [3.05, 3.63) is 35.1 Å². The minimum Gasteiger partial charge on any atom is -0.366 e. The van der Waals surface area contributed by atoms with Crippen molar-refractivity contribution in [2.75, 3.05) is 0 Å². The van der Waals surface area contributed by atoms with E-state index in [0.717, 1.165) is 5.56 Å². The normalized spacial score (nSPS) is 10.4. The summed E-state index contributed by atoms with van der Waals surface area (Å²) >= 11 is 5.55. The molecule has 0 aliphatic rings. The minimum absolute atomic E-state index is 0.422. The van der Waals surface area contributed by atoms with Crippen LogP contribution in [-0.4, -0.2) is 10.9 Å². The highest BCUT2D eigenvalue weighted by atomic mass is 35.5. The van der Waals surface area contributed by atoms with Crippen LogP contribution in [0.3, 0.4) is 0 Å². The molecule has 1 amide bonds. The number of carbonyl (C=O) groups excluding carboxylic acids is 1. The molecule has 0 bridgehead atoms. The summed E-state index contributed by atoms with van der Waals surface area (Å²) in [5.41, 5.74) is 5.69. The third-order valence-corrected chi connectivity index (χ3v) is 1.41. The number of hydrogen-bond donors (Lipinski definition) is 1. The van der Waals surface area contributed by atoms with Crippen molar-refractivity contribution in [2.45, 2.75) is 0 Å². The molecule has 1 aromatic rings. The van der Waals surface area contributed by atoms with E-state index in [2.05, 4.69) is 4.98 Å². The molecular weight excluding hydrogens is 176 g/mol. The number of nitrogens with zero attached hydrogens (tertiary/aromatic N) is 1. The number of halogens is 1. The van der Waals surface area contributed by atoms with Gasteiger partial charge in [-0.2, -0.15) is 0 Å². The first kappa shape index (κ1) is 8.74. The highest BCUT2D eigenvalue weighted by molar-refractivity contribution is 6.29. The van der Waals surface area contributed by atoms with Crippen molar-refractivity contribution in [1.82, 2.24) is 4.98 Å². The van der Waals surface area contributed by atoms with E-state index in [1.807, 2.05) is 0 Å². The molecular formula is C8H7ClN2O. The number of hydrogen-bond acceptors (Lipinski definition) is 2. The lowest BCUT2D eigenvalue weighted by molar-refractivity contribution is -0.113. The van der Waals surface area contributed by atoms with Crippen molar-refractivity contribution in [3.63, 3.8) is 0 Å². The molecule has 12 heavy (non-hydrogen) atoms. The van der Waals surface area contributed by atoms with Gasteiger partial charge in [0.15, 0.2) is 0 Å². The second-order valence-corrected chi connectivity index (χ2v) is 2.54.